The van der Waals surface area contributed by atoms with Crippen LogP contribution in [0.5, 0.6) is 0 Å². The van der Waals surface area contributed by atoms with Gasteiger partial charge < -0.3 is 4.90 Å². The van der Waals surface area contributed by atoms with Crippen molar-refractivity contribution in [2.75, 3.05) is 19.0 Å². The van der Waals surface area contributed by atoms with Crippen molar-refractivity contribution in [1.82, 2.24) is 14.8 Å². The molecule has 1 aliphatic rings. The van der Waals surface area contributed by atoms with E-state index < -0.39 is 21.1 Å². The highest BCUT2D eigenvalue weighted by Gasteiger charge is 2.38. The number of nitrogens with zero attached hydrogens (tertiary/aromatic N) is 4. The lowest BCUT2D eigenvalue weighted by atomic mass is 10.0. The van der Waals surface area contributed by atoms with Crippen LogP contribution < -0.4 is 4.90 Å². The zero-order valence-electron chi connectivity index (χ0n) is 14.9. The maximum Gasteiger partial charge on any atom is 0.453 e. The SMILES string of the molecule is CCc1cc(C2CC2)c(S(=O)(=O)Cl)cc1-n1nc(C(F)(F)F)nc1N(C)C. The van der Waals surface area contributed by atoms with Gasteiger partial charge in [0.15, 0.2) is 0 Å². The van der Waals surface area contributed by atoms with Gasteiger partial charge in [-0.1, -0.05) is 13.0 Å². The van der Waals surface area contributed by atoms with Gasteiger partial charge in [0.05, 0.1) is 10.6 Å². The van der Waals surface area contributed by atoms with Gasteiger partial charge in [0.25, 0.3) is 14.9 Å². The van der Waals surface area contributed by atoms with E-state index in [4.69, 9.17) is 10.7 Å². The van der Waals surface area contributed by atoms with E-state index in [0.717, 1.165) is 17.5 Å². The van der Waals surface area contributed by atoms with Crippen LogP contribution in [0.1, 0.15) is 42.6 Å². The number of benzene rings is 1. The molecule has 27 heavy (non-hydrogen) atoms. The number of hydrogen-bond acceptors (Lipinski definition) is 5. The second kappa shape index (κ2) is 6.66. The molecule has 0 aliphatic heterocycles. The van der Waals surface area contributed by atoms with E-state index in [-0.39, 0.29) is 22.4 Å². The molecule has 1 aromatic carbocycles. The van der Waals surface area contributed by atoms with Crippen molar-refractivity contribution in [2.45, 2.75) is 43.2 Å². The highest BCUT2D eigenvalue weighted by atomic mass is 35.7. The summed E-state index contributed by atoms with van der Waals surface area (Å²) in [6.07, 6.45) is -2.54. The van der Waals surface area contributed by atoms with Crippen LogP contribution in [0.2, 0.25) is 0 Å². The summed E-state index contributed by atoms with van der Waals surface area (Å²) in [6, 6.07) is 3.01. The summed E-state index contributed by atoms with van der Waals surface area (Å²) in [4.78, 5) is 4.85. The molecular formula is C16H18ClF3N4O2S. The monoisotopic (exact) mass is 422 g/mol. The molecule has 3 rings (SSSR count). The fraction of sp³-hybridized carbons (Fsp3) is 0.500. The Hall–Kier alpha value is -1.81. The van der Waals surface area contributed by atoms with E-state index in [1.807, 2.05) is 6.92 Å². The fourth-order valence-electron chi connectivity index (χ4n) is 2.91. The third kappa shape index (κ3) is 3.91. The van der Waals surface area contributed by atoms with E-state index in [1.54, 1.807) is 6.07 Å². The minimum Gasteiger partial charge on any atom is -0.347 e. The molecular weight excluding hydrogens is 405 g/mol. The van der Waals surface area contributed by atoms with Crippen LogP contribution in [0, 0.1) is 0 Å². The number of anilines is 1. The minimum atomic E-state index is -4.72. The van der Waals surface area contributed by atoms with Crippen molar-refractivity contribution in [1.29, 1.82) is 0 Å². The molecule has 0 N–H and O–H groups in total. The summed E-state index contributed by atoms with van der Waals surface area (Å²) < 4.78 is 64.5. The summed E-state index contributed by atoms with van der Waals surface area (Å²) >= 11 is 0. The Labute approximate surface area is 159 Å². The highest BCUT2D eigenvalue weighted by molar-refractivity contribution is 8.13. The van der Waals surface area contributed by atoms with Crippen LogP contribution in [0.15, 0.2) is 17.0 Å². The van der Waals surface area contributed by atoms with Crippen molar-refractivity contribution < 1.29 is 21.6 Å². The highest BCUT2D eigenvalue weighted by Crippen LogP contribution is 2.45. The van der Waals surface area contributed by atoms with Crippen molar-refractivity contribution in [3.8, 4) is 5.69 Å². The molecule has 0 spiro atoms. The maximum absolute atomic E-state index is 13.1. The molecule has 0 radical (unpaired) electrons. The Balaban J connectivity index is 2.29. The van der Waals surface area contributed by atoms with Crippen LogP contribution in [0.25, 0.3) is 5.69 Å². The first-order valence-corrected chi connectivity index (χ1v) is 10.6. The van der Waals surface area contributed by atoms with Gasteiger partial charge in [-0.2, -0.15) is 22.8 Å². The van der Waals surface area contributed by atoms with Gasteiger partial charge in [-0.3, -0.25) is 0 Å². The van der Waals surface area contributed by atoms with Gasteiger partial charge in [-0.25, -0.2) is 8.42 Å². The normalized spacial score (nSPS) is 15.2. The molecule has 2 aromatic rings. The molecule has 0 bridgehead atoms. The number of aryl methyl sites for hydroxylation is 1. The molecule has 1 saturated carbocycles. The Kier molecular flexibility index (Phi) is 4.92. The number of hydrogen-bond donors (Lipinski definition) is 0. The lowest BCUT2D eigenvalue weighted by Crippen LogP contribution is -2.16. The van der Waals surface area contributed by atoms with Gasteiger partial charge in [0.1, 0.15) is 0 Å². The zero-order valence-corrected chi connectivity index (χ0v) is 16.5. The zero-order chi connectivity index (χ0) is 20.1. The molecule has 6 nitrogen and oxygen atoms in total. The number of halogens is 4. The van der Waals surface area contributed by atoms with Crippen LogP contribution in [-0.4, -0.2) is 37.3 Å². The van der Waals surface area contributed by atoms with Crippen molar-refractivity contribution in [2.24, 2.45) is 0 Å². The number of rotatable bonds is 5. The molecule has 0 saturated heterocycles. The predicted octanol–water partition coefficient (Wildman–Crippen LogP) is 3.72. The van der Waals surface area contributed by atoms with Crippen LogP contribution in [0.4, 0.5) is 19.1 Å². The predicted molar refractivity (Wildman–Crippen MR) is 95.1 cm³/mol. The fourth-order valence-corrected chi connectivity index (χ4v) is 4.07. The molecule has 1 fully saturated rings. The summed E-state index contributed by atoms with van der Waals surface area (Å²) in [6.45, 7) is 1.83. The summed E-state index contributed by atoms with van der Waals surface area (Å²) in [5.74, 6) is -1.26. The molecule has 11 heteroatoms. The molecule has 1 aromatic heterocycles. The minimum absolute atomic E-state index is 0.0610. The van der Waals surface area contributed by atoms with Crippen LogP contribution >= 0.6 is 10.7 Å². The second-order valence-electron chi connectivity index (χ2n) is 6.62. The van der Waals surface area contributed by atoms with Gasteiger partial charge in [-0.15, -0.1) is 5.10 Å². The first kappa shape index (κ1) is 19.9. The average molecular weight is 423 g/mol. The van der Waals surface area contributed by atoms with Gasteiger partial charge in [-0.05, 0) is 42.4 Å². The number of alkyl halides is 3. The third-order valence-electron chi connectivity index (χ3n) is 4.34. The van der Waals surface area contributed by atoms with E-state index in [2.05, 4.69) is 10.1 Å². The molecule has 148 valence electrons. The first-order valence-electron chi connectivity index (χ1n) is 8.27. The smallest absolute Gasteiger partial charge is 0.347 e. The third-order valence-corrected chi connectivity index (χ3v) is 5.72. The van der Waals surface area contributed by atoms with Crippen molar-refractivity contribution in [3.63, 3.8) is 0 Å². The summed E-state index contributed by atoms with van der Waals surface area (Å²) in [5.41, 5.74) is 1.49. The van der Waals surface area contributed by atoms with Crippen molar-refractivity contribution in [3.05, 3.63) is 29.1 Å². The Morgan fingerprint density at radius 3 is 2.37 bits per heavy atom. The van der Waals surface area contributed by atoms with Crippen LogP contribution in [-0.2, 0) is 21.6 Å². The van der Waals surface area contributed by atoms with Gasteiger partial charge in [0, 0.05) is 24.8 Å². The maximum atomic E-state index is 13.1. The molecule has 0 amide bonds. The standard InChI is InChI=1S/C16H18ClF3N4O2S/c1-4-9-7-11(10-5-6-10)13(27(17,25)26)8-12(9)24-15(23(2)3)21-14(22-24)16(18,19)20/h7-8,10H,4-6H2,1-3H3. The largest absolute Gasteiger partial charge is 0.453 e. The van der Waals surface area contributed by atoms with Crippen molar-refractivity contribution >= 4 is 25.7 Å². The van der Waals surface area contributed by atoms with Gasteiger partial charge in [0.2, 0.25) is 5.95 Å². The topological polar surface area (TPSA) is 68.1 Å². The second-order valence-corrected chi connectivity index (χ2v) is 9.16. The number of aromatic nitrogens is 3. The lowest BCUT2D eigenvalue weighted by molar-refractivity contribution is -0.144. The van der Waals surface area contributed by atoms with E-state index in [1.165, 1.54) is 25.1 Å². The van der Waals surface area contributed by atoms with Crippen LogP contribution in [0.3, 0.4) is 0 Å². The average Bonchev–Trinajstić information content (AvgIpc) is 3.28. The summed E-state index contributed by atoms with van der Waals surface area (Å²) in [7, 11) is 4.60. The molecule has 0 unspecified atom stereocenters. The Bertz CT molecular complexity index is 982. The first-order chi connectivity index (χ1) is 12.4. The molecule has 0 atom stereocenters. The molecule has 1 heterocycles. The van der Waals surface area contributed by atoms with E-state index in [9.17, 15) is 21.6 Å². The van der Waals surface area contributed by atoms with E-state index >= 15 is 0 Å². The molecule has 1 aliphatic carbocycles. The Morgan fingerprint density at radius 1 is 1.30 bits per heavy atom. The Morgan fingerprint density at radius 2 is 1.93 bits per heavy atom. The quantitative estimate of drug-likeness (QED) is 0.687. The van der Waals surface area contributed by atoms with E-state index in [0.29, 0.717) is 17.5 Å². The summed E-state index contributed by atoms with van der Waals surface area (Å²) in [5, 5.41) is 3.60. The van der Waals surface area contributed by atoms with Gasteiger partial charge >= 0.3 is 6.18 Å². The lowest BCUT2D eigenvalue weighted by Gasteiger charge is -2.17.